The van der Waals surface area contributed by atoms with E-state index in [1.807, 2.05) is 6.92 Å². The minimum atomic E-state index is -0.161. The van der Waals surface area contributed by atoms with Crippen molar-refractivity contribution < 1.29 is 14.9 Å². The molecular formula is C20H38O3. The summed E-state index contributed by atoms with van der Waals surface area (Å²) in [5, 5.41) is 18.1. The first-order valence-corrected chi connectivity index (χ1v) is 9.49. The summed E-state index contributed by atoms with van der Waals surface area (Å²) in [5.74, 6) is 0.725. The summed E-state index contributed by atoms with van der Waals surface area (Å²) in [4.78, 5) is 0. The number of rotatable bonds is 13. The molecule has 1 saturated heterocycles. The van der Waals surface area contributed by atoms with Crippen LogP contribution >= 0.6 is 0 Å². The molecule has 4 unspecified atom stereocenters. The summed E-state index contributed by atoms with van der Waals surface area (Å²) >= 11 is 0. The minimum Gasteiger partial charge on any atom is -0.396 e. The molecule has 0 bridgehead atoms. The van der Waals surface area contributed by atoms with Crippen molar-refractivity contribution in [2.45, 2.75) is 103 Å². The third kappa shape index (κ3) is 8.88. The van der Waals surface area contributed by atoms with Gasteiger partial charge < -0.3 is 14.9 Å². The highest BCUT2D eigenvalue weighted by molar-refractivity contribution is 5.03. The molecule has 1 aliphatic heterocycles. The lowest BCUT2D eigenvalue weighted by atomic mass is 9.92. The van der Waals surface area contributed by atoms with E-state index in [2.05, 4.69) is 26.8 Å². The largest absolute Gasteiger partial charge is 0.396 e. The Hall–Kier alpha value is -0.380. The topological polar surface area (TPSA) is 53.0 Å². The number of hydrogen-bond donors (Lipinski definition) is 2. The number of hydrogen-bond acceptors (Lipinski definition) is 3. The molecule has 2 N–H and O–H groups in total. The highest BCUT2D eigenvalue weighted by atomic mass is 16.6. The van der Waals surface area contributed by atoms with Gasteiger partial charge in [0.05, 0.1) is 17.8 Å². The average molecular weight is 327 g/mol. The molecule has 0 aromatic carbocycles. The highest BCUT2D eigenvalue weighted by Gasteiger charge is 2.50. The molecule has 3 nitrogen and oxygen atoms in total. The summed E-state index contributed by atoms with van der Waals surface area (Å²) in [6, 6.07) is 0. The minimum absolute atomic E-state index is 0.0904. The van der Waals surface area contributed by atoms with Crippen LogP contribution in [0.3, 0.4) is 0 Å². The monoisotopic (exact) mass is 326 g/mol. The van der Waals surface area contributed by atoms with Crippen LogP contribution in [0.4, 0.5) is 0 Å². The van der Waals surface area contributed by atoms with Gasteiger partial charge in [-0.05, 0) is 71.6 Å². The predicted octanol–water partition coefficient (Wildman–Crippen LogP) is 4.61. The van der Waals surface area contributed by atoms with Gasteiger partial charge >= 0.3 is 0 Å². The van der Waals surface area contributed by atoms with Crippen LogP contribution < -0.4 is 0 Å². The third-order valence-corrected chi connectivity index (χ3v) is 5.14. The van der Waals surface area contributed by atoms with E-state index in [-0.39, 0.29) is 18.3 Å². The Morgan fingerprint density at radius 2 is 1.96 bits per heavy atom. The molecule has 136 valence electrons. The lowest BCUT2D eigenvalue weighted by Gasteiger charge is -2.12. The summed E-state index contributed by atoms with van der Waals surface area (Å²) in [7, 11) is 0. The fourth-order valence-electron chi connectivity index (χ4n) is 3.28. The SMILES string of the molecule is C/C(=C/CCC1(C)OC1CCC(C)CCCC(C)O)CCCO. The van der Waals surface area contributed by atoms with Crippen molar-refractivity contribution in [3.8, 4) is 0 Å². The normalized spacial score (nSPS) is 27.0. The van der Waals surface area contributed by atoms with Crippen LogP contribution in [0.5, 0.6) is 0 Å². The Balaban J connectivity index is 2.12. The van der Waals surface area contributed by atoms with Gasteiger partial charge in [-0.3, -0.25) is 0 Å². The number of aliphatic hydroxyl groups excluding tert-OH is 2. The van der Waals surface area contributed by atoms with E-state index in [1.54, 1.807) is 0 Å². The molecule has 1 fully saturated rings. The zero-order chi connectivity index (χ0) is 17.3. The summed E-state index contributed by atoms with van der Waals surface area (Å²) in [6.45, 7) is 8.86. The van der Waals surface area contributed by atoms with Crippen molar-refractivity contribution in [3.05, 3.63) is 11.6 Å². The molecule has 0 radical (unpaired) electrons. The van der Waals surface area contributed by atoms with Gasteiger partial charge in [-0.1, -0.05) is 31.4 Å². The van der Waals surface area contributed by atoms with Crippen molar-refractivity contribution >= 4 is 0 Å². The molecule has 0 amide bonds. The molecule has 3 heteroatoms. The van der Waals surface area contributed by atoms with Gasteiger partial charge in [-0.25, -0.2) is 0 Å². The van der Waals surface area contributed by atoms with Gasteiger partial charge in [-0.15, -0.1) is 0 Å². The molecule has 1 rings (SSSR count). The molecule has 0 spiro atoms. The van der Waals surface area contributed by atoms with Crippen LogP contribution in [0.15, 0.2) is 11.6 Å². The highest BCUT2D eigenvalue weighted by Crippen LogP contribution is 2.43. The molecule has 1 aliphatic rings. The van der Waals surface area contributed by atoms with Gasteiger partial charge in [0, 0.05) is 6.61 Å². The Morgan fingerprint density at radius 1 is 1.22 bits per heavy atom. The summed E-state index contributed by atoms with van der Waals surface area (Å²) < 4.78 is 5.95. The van der Waals surface area contributed by atoms with Crippen LogP contribution in [-0.4, -0.2) is 34.6 Å². The van der Waals surface area contributed by atoms with Crippen LogP contribution in [-0.2, 0) is 4.74 Å². The Labute approximate surface area is 143 Å². The fraction of sp³-hybridized carbons (Fsp3) is 0.900. The Bertz CT molecular complexity index is 351. The van der Waals surface area contributed by atoms with Gasteiger partial charge in [0.2, 0.25) is 0 Å². The lowest BCUT2D eigenvalue weighted by Crippen LogP contribution is -2.10. The number of aliphatic hydroxyl groups is 2. The summed E-state index contributed by atoms with van der Waals surface area (Å²) in [5.41, 5.74) is 1.47. The molecule has 0 saturated carbocycles. The van der Waals surface area contributed by atoms with Gasteiger partial charge in [0.1, 0.15) is 0 Å². The van der Waals surface area contributed by atoms with Crippen molar-refractivity contribution in [2.75, 3.05) is 6.61 Å². The van der Waals surface area contributed by atoms with E-state index in [1.165, 1.54) is 24.8 Å². The van der Waals surface area contributed by atoms with E-state index in [4.69, 9.17) is 9.84 Å². The van der Waals surface area contributed by atoms with Crippen molar-refractivity contribution in [1.82, 2.24) is 0 Å². The van der Waals surface area contributed by atoms with Gasteiger partial charge in [-0.2, -0.15) is 0 Å². The Kier molecular flexibility index (Phi) is 9.41. The maximum Gasteiger partial charge on any atom is 0.0923 e. The number of allylic oxidation sites excluding steroid dienone is 2. The molecule has 0 aromatic rings. The van der Waals surface area contributed by atoms with E-state index in [9.17, 15) is 5.11 Å². The summed E-state index contributed by atoms with van der Waals surface area (Å²) in [6.07, 6.45) is 12.3. The van der Waals surface area contributed by atoms with Crippen LogP contribution in [0.2, 0.25) is 0 Å². The molecular weight excluding hydrogens is 288 g/mol. The van der Waals surface area contributed by atoms with E-state index >= 15 is 0 Å². The van der Waals surface area contributed by atoms with E-state index in [0.717, 1.165) is 44.4 Å². The average Bonchev–Trinajstić information content (AvgIpc) is 3.13. The van der Waals surface area contributed by atoms with E-state index < -0.39 is 0 Å². The van der Waals surface area contributed by atoms with Crippen LogP contribution in [0.1, 0.15) is 85.5 Å². The zero-order valence-corrected chi connectivity index (χ0v) is 15.7. The fourth-order valence-corrected chi connectivity index (χ4v) is 3.28. The number of epoxide rings is 1. The standard InChI is InChI=1S/C20H38O3/c1-16(10-7-15-21)9-6-14-20(4)19(23-20)13-12-17(2)8-5-11-18(3)22/h9,17-19,21-22H,5-8,10-15H2,1-4H3/b16-9-. The first kappa shape index (κ1) is 20.7. The molecule has 4 atom stereocenters. The smallest absolute Gasteiger partial charge is 0.0923 e. The second-order valence-corrected chi connectivity index (χ2v) is 7.80. The van der Waals surface area contributed by atoms with E-state index in [0.29, 0.717) is 6.10 Å². The Morgan fingerprint density at radius 3 is 2.61 bits per heavy atom. The third-order valence-electron chi connectivity index (χ3n) is 5.14. The van der Waals surface area contributed by atoms with Crippen molar-refractivity contribution in [1.29, 1.82) is 0 Å². The molecule has 1 heterocycles. The molecule has 23 heavy (non-hydrogen) atoms. The van der Waals surface area contributed by atoms with Gasteiger partial charge in [0.25, 0.3) is 0 Å². The van der Waals surface area contributed by atoms with Crippen molar-refractivity contribution in [2.24, 2.45) is 5.92 Å². The van der Waals surface area contributed by atoms with Crippen LogP contribution in [0.25, 0.3) is 0 Å². The maximum absolute atomic E-state index is 9.29. The first-order valence-electron chi connectivity index (χ1n) is 9.49. The van der Waals surface area contributed by atoms with Crippen molar-refractivity contribution in [3.63, 3.8) is 0 Å². The second-order valence-electron chi connectivity index (χ2n) is 7.80. The van der Waals surface area contributed by atoms with Crippen LogP contribution in [0, 0.1) is 5.92 Å². The quantitative estimate of drug-likeness (QED) is 0.384. The molecule has 0 aromatic heterocycles. The lowest BCUT2D eigenvalue weighted by molar-refractivity contribution is 0.178. The second kappa shape index (κ2) is 10.5. The zero-order valence-electron chi connectivity index (χ0n) is 15.7. The molecule has 0 aliphatic carbocycles. The first-order chi connectivity index (χ1) is 10.9. The predicted molar refractivity (Wildman–Crippen MR) is 96.5 cm³/mol. The number of ether oxygens (including phenoxy) is 1. The van der Waals surface area contributed by atoms with Gasteiger partial charge in [0.15, 0.2) is 0 Å². The maximum atomic E-state index is 9.29.